The van der Waals surface area contributed by atoms with Crippen LogP contribution in [0.4, 0.5) is 18.9 Å². The Kier molecular flexibility index (Phi) is 6.04. The fraction of sp³-hybridized carbons (Fsp3) is 0.150. The maximum absolute atomic E-state index is 13.0. The normalized spacial score (nSPS) is 12.5. The van der Waals surface area contributed by atoms with Crippen LogP contribution in [0.3, 0.4) is 0 Å². The minimum Gasteiger partial charge on any atom is -0.346 e. The number of amides is 2. The highest BCUT2D eigenvalue weighted by Gasteiger charge is 2.33. The minimum absolute atomic E-state index is 0.0627. The summed E-state index contributed by atoms with van der Waals surface area (Å²) >= 11 is 6.60. The Morgan fingerprint density at radius 1 is 1.15 bits per heavy atom. The molecule has 8 nitrogen and oxygen atoms in total. The van der Waals surface area contributed by atoms with E-state index in [2.05, 4.69) is 30.6 Å². The van der Waals surface area contributed by atoms with Crippen molar-refractivity contribution in [2.45, 2.75) is 19.1 Å². The van der Waals surface area contributed by atoms with Crippen LogP contribution in [-0.2, 0) is 6.18 Å². The molecule has 0 aliphatic heterocycles. The number of nitrogens with one attached hydrogen (secondary N) is 3. The van der Waals surface area contributed by atoms with Gasteiger partial charge < -0.3 is 15.6 Å². The van der Waals surface area contributed by atoms with Crippen molar-refractivity contribution >= 4 is 51.5 Å². The highest BCUT2D eigenvalue weighted by molar-refractivity contribution is 7.13. The lowest BCUT2D eigenvalue weighted by atomic mass is 10.2. The predicted octanol–water partition coefficient (Wildman–Crippen LogP) is 4.83. The van der Waals surface area contributed by atoms with Crippen LogP contribution in [0.5, 0.6) is 0 Å². The molecular weight excluding hydrogens is 481 g/mol. The van der Waals surface area contributed by atoms with E-state index in [0.717, 1.165) is 23.5 Å². The molecule has 0 saturated carbocycles. The van der Waals surface area contributed by atoms with Gasteiger partial charge in [-0.3, -0.25) is 9.59 Å². The largest absolute Gasteiger partial charge is 0.417 e. The second kappa shape index (κ2) is 8.79. The zero-order chi connectivity index (χ0) is 23.8. The lowest BCUT2D eigenvalue weighted by Crippen LogP contribution is -2.27. The number of anilines is 1. The number of aromatic amines is 1. The Balaban J connectivity index is 1.46. The first kappa shape index (κ1) is 22.7. The van der Waals surface area contributed by atoms with E-state index >= 15 is 0 Å². The van der Waals surface area contributed by atoms with Crippen LogP contribution in [-0.4, -0.2) is 31.8 Å². The molecule has 170 valence electrons. The molecule has 0 bridgehead atoms. The van der Waals surface area contributed by atoms with Gasteiger partial charge in [-0.05, 0) is 31.2 Å². The van der Waals surface area contributed by atoms with Crippen LogP contribution < -0.4 is 10.6 Å². The van der Waals surface area contributed by atoms with E-state index in [1.807, 2.05) is 0 Å². The number of carbonyl (C=O) groups excluding carboxylic acids is 2. The highest BCUT2D eigenvalue weighted by Crippen LogP contribution is 2.36. The van der Waals surface area contributed by atoms with Crippen molar-refractivity contribution in [2.24, 2.45) is 0 Å². The van der Waals surface area contributed by atoms with Crippen LogP contribution in [0, 0.1) is 0 Å². The van der Waals surface area contributed by atoms with Crippen molar-refractivity contribution in [3.8, 4) is 0 Å². The number of carbonyl (C=O) groups is 2. The van der Waals surface area contributed by atoms with Gasteiger partial charge in [0.25, 0.3) is 11.8 Å². The molecule has 0 spiro atoms. The number of H-pyrrole nitrogens is 1. The number of benzene rings is 1. The summed E-state index contributed by atoms with van der Waals surface area (Å²) in [6.07, 6.45) is -0.457. The molecule has 1 aromatic carbocycles. The molecule has 0 fully saturated rings. The first-order chi connectivity index (χ1) is 15.6. The fourth-order valence-electron chi connectivity index (χ4n) is 2.99. The summed E-state index contributed by atoms with van der Waals surface area (Å²) in [7, 11) is 0. The summed E-state index contributed by atoms with van der Waals surface area (Å²) in [6, 6.07) is 4.21. The van der Waals surface area contributed by atoms with E-state index in [1.54, 1.807) is 19.2 Å². The zero-order valence-electron chi connectivity index (χ0n) is 16.7. The van der Waals surface area contributed by atoms with E-state index in [1.165, 1.54) is 18.6 Å². The Bertz CT molecular complexity index is 1350. The van der Waals surface area contributed by atoms with Gasteiger partial charge in [-0.1, -0.05) is 11.6 Å². The molecule has 0 aliphatic rings. The third-order valence-corrected chi connectivity index (χ3v) is 6.07. The SMILES string of the molecule is C[C@H](NC(=O)c1ncnc2[nH]ccc12)c1ncc(C(=O)Nc2ccc(Cl)c(C(F)(F)F)c2)s1. The highest BCUT2D eigenvalue weighted by atomic mass is 35.5. The molecular formula is C20H14ClF3N6O2S. The quantitative estimate of drug-likeness (QED) is 0.368. The molecule has 1 atom stereocenters. The molecule has 2 amide bonds. The topological polar surface area (TPSA) is 113 Å². The van der Waals surface area contributed by atoms with Crippen LogP contribution in [0.15, 0.2) is 43.0 Å². The third-order valence-electron chi connectivity index (χ3n) is 4.56. The van der Waals surface area contributed by atoms with Crippen molar-refractivity contribution in [1.82, 2.24) is 25.3 Å². The average molecular weight is 495 g/mol. The van der Waals surface area contributed by atoms with Gasteiger partial charge in [0.2, 0.25) is 0 Å². The Morgan fingerprint density at radius 2 is 1.94 bits per heavy atom. The predicted molar refractivity (Wildman–Crippen MR) is 116 cm³/mol. The second-order valence-corrected chi connectivity index (χ2v) is 8.34. The van der Waals surface area contributed by atoms with E-state index in [0.29, 0.717) is 16.0 Å². The summed E-state index contributed by atoms with van der Waals surface area (Å²) in [5.74, 6) is -1.09. The number of hydrogen-bond acceptors (Lipinski definition) is 6. The fourth-order valence-corrected chi connectivity index (χ4v) is 4.03. The van der Waals surface area contributed by atoms with E-state index in [4.69, 9.17) is 11.6 Å². The number of alkyl halides is 3. The molecule has 33 heavy (non-hydrogen) atoms. The molecule has 3 N–H and O–H groups in total. The maximum Gasteiger partial charge on any atom is 0.417 e. The van der Waals surface area contributed by atoms with Crippen LogP contribution >= 0.6 is 22.9 Å². The molecule has 0 unspecified atom stereocenters. The van der Waals surface area contributed by atoms with Gasteiger partial charge in [0, 0.05) is 11.9 Å². The van der Waals surface area contributed by atoms with Crippen LogP contribution in [0.1, 0.15) is 43.7 Å². The lowest BCUT2D eigenvalue weighted by Gasteiger charge is -2.11. The van der Waals surface area contributed by atoms with Crippen LogP contribution in [0.2, 0.25) is 5.02 Å². The lowest BCUT2D eigenvalue weighted by molar-refractivity contribution is -0.137. The first-order valence-electron chi connectivity index (χ1n) is 9.36. The summed E-state index contributed by atoms with van der Waals surface area (Å²) in [5, 5.41) is 5.68. The molecule has 0 aliphatic carbocycles. The van der Waals surface area contributed by atoms with Crippen molar-refractivity contribution in [3.63, 3.8) is 0 Å². The van der Waals surface area contributed by atoms with Gasteiger partial charge in [-0.15, -0.1) is 11.3 Å². The number of thiazole rings is 1. The van der Waals surface area contributed by atoms with Gasteiger partial charge in [0.1, 0.15) is 27.6 Å². The second-order valence-electron chi connectivity index (χ2n) is 6.87. The van der Waals surface area contributed by atoms with Gasteiger partial charge in [-0.25, -0.2) is 15.0 Å². The molecule has 0 radical (unpaired) electrons. The Labute approximate surface area is 193 Å². The van der Waals surface area contributed by atoms with Crippen molar-refractivity contribution < 1.29 is 22.8 Å². The third kappa shape index (κ3) is 4.81. The Hall–Kier alpha value is -3.51. The molecule has 3 heterocycles. The minimum atomic E-state index is -4.65. The van der Waals surface area contributed by atoms with Gasteiger partial charge >= 0.3 is 6.18 Å². The van der Waals surface area contributed by atoms with Crippen molar-refractivity contribution in [3.05, 3.63) is 69.2 Å². The summed E-state index contributed by atoms with van der Waals surface area (Å²) in [4.78, 5) is 40.4. The number of rotatable bonds is 5. The smallest absolute Gasteiger partial charge is 0.346 e. The van der Waals surface area contributed by atoms with E-state index < -0.39 is 34.6 Å². The summed E-state index contributed by atoms with van der Waals surface area (Å²) in [6.45, 7) is 1.68. The summed E-state index contributed by atoms with van der Waals surface area (Å²) in [5.41, 5.74) is -0.408. The maximum atomic E-state index is 13.0. The van der Waals surface area contributed by atoms with Crippen molar-refractivity contribution in [2.75, 3.05) is 5.32 Å². The molecule has 3 aromatic heterocycles. The molecule has 0 saturated heterocycles. The van der Waals surface area contributed by atoms with E-state index in [9.17, 15) is 22.8 Å². The first-order valence-corrected chi connectivity index (χ1v) is 10.6. The number of nitrogens with zero attached hydrogens (tertiary/aromatic N) is 3. The van der Waals surface area contributed by atoms with Crippen molar-refractivity contribution in [1.29, 1.82) is 0 Å². The number of fused-ring (bicyclic) bond motifs is 1. The zero-order valence-corrected chi connectivity index (χ0v) is 18.3. The van der Waals surface area contributed by atoms with Gasteiger partial charge in [0.05, 0.1) is 28.2 Å². The van der Waals surface area contributed by atoms with Gasteiger partial charge in [0.15, 0.2) is 0 Å². The standard InChI is InChI=1S/C20H14ClF3N6O2S/c1-9(29-18(32)15-11-4-5-25-16(11)28-8-27-15)19-26-7-14(33-19)17(31)30-10-2-3-13(21)12(6-10)20(22,23)24/h2-9H,1H3,(H,29,32)(H,30,31)(H,25,27,28)/t9-/m0/s1. The number of hydrogen-bond donors (Lipinski definition) is 3. The monoisotopic (exact) mass is 494 g/mol. The molecule has 4 aromatic rings. The molecule has 4 rings (SSSR count). The Morgan fingerprint density at radius 3 is 2.70 bits per heavy atom. The number of aromatic nitrogens is 4. The van der Waals surface area contributed by atoms with Gasteiger partial charge in [-0.2, -0.15) is 13.2 Å². The van der Waals surface area contributed by atoms with Crippen LogP contribution in [0.25, 0.3) is 11.0 Å². The van der Waals surface area contributed by atoms with E-state index in [-0.39, 0.29) is 16.3 Å². The molecule has 13 heteroatoms. The average Bonchev–Trinajstić information content (AvgIpc) is 3.43. The summed E-state index contributed by atoms with van der Waals surface area (Å²) < 4.78 is 39.1. The number of halogens is 4.